The molecule has 0 bridgehead atoms. The van der Waals surface area contributed by atoms with Crippen molar-refractivity contribution in [1.29, 1.82) is 0 Å². The number of aromatic hydroxyl groups is 1. The molecule has 2 N–H and O–H groups in total. The lowest BCUT2D eigenvalue weighted by Gasteiger charge is -2.02. The van der Waals surface area contributed by atoms with E-state index in [0.29, 0.717) is 17.0 Å². The van der Waals surface area contributed by atoms with Crippen LogP contribution in [-0.2, 0) is 4.74 Å². The summed E-state index contributed by atoms with van der Waals surface area (Å²) in [5.41, 5.74) is 1.34. The van der Waals surface area contributed by atoms with Crippen LogP contribution in [0.2, 0.25) is 0 Å². The van der Waals surface area contributed by atoms with Gasteiger partial charge in [0.1, 0.15) is 11.4 Å². The first-order chi connectivity index (χ1) is 9.04. The highest BCUT2D eigenvalue weighted by molar-refractivity contribution is 5.96. The molecule has 19 heavy (non-hydrogen) atoms. The van der Waals surface area contributed by atoms with Crippen molar-refractivity contribution in [1.82, 2.24) is 4.98 Å². The molecule has 100 valence electrons. The van der Waals surface area contributed by atoms with Gasteiger partial charge in [0, 0.05) is 11.3 Å². The fraction of sp³-hybridized carbons (Fsp3) is 0.214. The molecule has 0 radical (unpaired) electrons. The molecule has 5 heteroatoms. The molecular formula is C14H14FNO3. The Labute approximate surface area is 109 Å². The lowest BCUT2D eigenvalue weighted by atomic mass is 10.1. The number of aryl methyl sites for hydroxylation is 1. The van der Waals surface area contributed by atoms with Gasteiger partial charge in [0.15, 0.2) is 5.75 Å². The zero-order valence-corrected chi connectivity index (χ0v) is 10.7. The molecule has 2 rings (SSSR count). The number of carbonyl (C=O) groups is 1. The van der Waals surface area contributed by atoms with E-state index in [9.17, 15) is 14.3 Å². The van der Waals surface area contributed by atoms with Crippen molar-refractivity contribution in [2.75, 3.05) is 6.61 Å². The van der Waals surface area contributed by atoms with Crippen LogP contribution >= 0.6 is 0 Å². The first kappa shape index (κ1) is 13.1. The van der Waals surface area contributed by atoms with Crippen LogP contribution in [0.3, 0.4) is 0 Å². The molecule has 2 aromatic rings. The molecule has 0 aliphatic rings. The molecule has 0 amide bonds. The predicted octanol–water partition coefficient (Wildman–Crippen LogP) is 3.01. The number of benzene rings is 1. The van der Waals surface area contributed by atoms with Gasteiger partial charge in [0.05, 0.1) is 12.3 Å². The summed E-state index contributed by atoms with van der Waals surface area (Å²) in [6, 6.07) is 5.76. The highest BCUT2D eigenvalue weighted by Crippen LogP contribution is 2.34. The number of aromatic nitrogens is 1. The number of carbonyl (C=O) groups excluding carboxylic acids is 1. The minimum atomic E-state index is -0.601. The molecule has 1 aromatic carbocycles. The van der Waals surface area contributed by atoms with Crippen LogP contribution in [0.15, 0.2) is 24.3 Å². The van der Waals surface area contributed by atoms with Gasteiger partial charge in [-0.05, 0) is 26.0 Å². The average Bonchev–Trinajstić information content (AvgIpc) is 2.65. The highest BCUT2D eigenvalue weighted by Gasteiger charge is 2.22. The number of aromatic amines is 1. The number of nitrogens with one attached hydrogen (secondary N) is 1. The Hall–Kier alpha value is -2.30. The van der Waals surface area contributed by atoms with E-state index in [0.717, 1.165) is 0 Å². The zero-order chi connectivity index (χ0) is 14.0. The number of hydrogen-bond donors (Lipinski definition) is 2. The number of ether oxygens (including phenoxy) is 1. The van der Waals surface area contributed by atoms with Crippen molar-refractivity contribution >= 4 is 5.97 Å². The summed E-state index contributed by atoms with van der Waals surface area (Å²) in [6.07, 6.45) is 0. The van der Waals surface area contributed by atoms with Crippen molar-refractivity contribution < 1.29 is 19.0 Å². The van der Waals surface area contributed by atoms with Gasteiger partial charge in [-0.15, -0.1) is 0 Å². The normalized spacial score (nSPS) is 10.5. The van der Waals surface area contributed by atoms with Crippen LogP contribution in [0.4, 0.5) is 4.39 Å². The standard InChI is InChI=1S/C14H14FNO3/c1-3-19-14(18)11-8(2)16-12(13(11)17)9-5-4-6-10(15)7-9/h4-7,16-17H,3H2,1-2H3. The Balaban J connectivity index is 2.50. The van der Waals surface area contributed by atoms with Crippen LogP contribution in [0.5, 0.6) is 5.75 Å². The Kier molecular flexibility index (Phi) is 3.55. The van der Waals surface area contributed by atoms with Crippen molar-refractivity contribution in [2.24, 2.45) is 0 Å². The van der Waals surface area contributed by atoms with Crippen LogP contribution in [0, 0.1) is 12.7 Å². The van der Waals surface area contributed by atoms with E-state index in [1.807, 2.05) is 0 Å². The van der Waals surface area contributed by atoms with E-state index >= 15 is 0 Å². The molecule has 0 spiro atoms. The maximum absolute atomic E-state index is 13.2. The smallest absolute Gasteiger partial charge is 0.343 e. The molecule has 0 aliphatic carbocycles. The fourth-order valence-electron chi connectivity index (χ4n) is 1.92. The second-order valence-corrected chi connectivity index (χ2v) is 4.08. The topological polar surface area (TPSA) is 62.3 Å². The van der Waals surface area contributed by atoms with Gasteiger partial charge in [-0.1, -0.05) is 12.1 Å². The molecule has 0 aliphatic heterocycles. The minimum Gasteiger partial charge on any atom is -0.505 e. The minimum absolute atomic E-state index is 0.0844. The number of hydrogen-bond acceptors (Lipinski definition) is 3. The zero-order valence-electron chi connectivity index (χ0n) is 10.7. The van der Waals surface area contributed by atoms with E-state index < -0.39 is 11.8 Å². The van der Waals surface area contributed by atoms with Gasteiger partial charge in [-0.25, -0.2) is 9.18 Å². The van der Waals surface area contributed by atoms with Crippen molar-refractivity contribution in [2.45, 2.75) is 13.8 Å². The summed E-state index contributed by atoms with van der Waals surface area (Å²) in [5, 5.41) is 10.1. The summed E-state index contributed by atoms with van der Waals surface area (Å²) in [6.45, 7) is 3.55. The number of esters is 1. The van der Waals surface area contributed by atoms with Crippen LogP contribution in [0.1, 0.15) is 23.0 Å². The third kappa shape index (κ3) is 2.45. The Morgan fingerprint density at radius 1 is 1.47 bits per heavy atom. The molecular weight excluding hydrogens is 249 g/mol. The van der Waals surface area contributed by atoms with Gasteiger partial charge in [-0.3, -0.25) is 0 Å². The monoisotopic (exact) mass is 263 g/mol. The highest BCUT2D eigenvalue weighted by atomic mass is 19.1. The second kappa shape index (κ2) is 5.14. The van der Waals surface area contributed by atoms with Gasteiger partial charge >= 0.3 is 5.97 Å². The number of H-pyrrole nitrogens is 1. The SMILES string of the molecule is CCOC(=O)c1c(C)[nH]c(-c2cccc(F)c2)c1O. The van der Waals surface area contributed by atoms with Gasteiger partial charge in [0.25, 0.3) is 0 Å². The van der Waals surface area contributed by atoms with E-state index in [2.05, 4.69) is 4.98 Å². The van der Waals surface area contributed by atoms with Gasteiger partial charge in [-0.2, -0.15) is 0 Å². The van der Waals surface area contributed by atoms with Crippen LogP contribution in [0.25, 0.3) is 11.3 Å². The third-order valence-electron chi connectivity index (χ3n) is 2.75. The largest absolute Gasteiger partial charge is 0.505 e. The predicted molar refractivity (Wildman–Crippen MR) is 68.5 cm³/mol. The molecule has 0 saturated carbocycles. The van der Waals surface area contributed by atoms with Crippen LogP contribution in [-0.4, -0.2) is 22.7 Å². The van der Waals surface area contributed by atoms with E-state index in [4.69, 9.17) is 4.74 Å². The Morgan fingerprint density at radius 2 is 2.21 bits per heavy atom. The van der Waals surface area contributed by atoms with Crippen molar-refractivity contribution in [3.63, 3.8) is 0 Å². The van der Waals surface area contributed by atoms with Crippen LogP contribution < -0.4 is 0 Å². The lowest BCUT2D eigenvalue weighted by molar-refractivity contribution is 0.0522. The second-order valence-electron chi connectivity index (χ2n) is 4.08. The maximum Gasteiger partial charge on any atom is 0.343 e. The summed E-state index contributed by atoms with van der Waals surface area (Å²) in [5.74, 6) is -1.24. The molecule has 4 nitrogen and oxygen atoms in total. The van der Waals surface area contributed by atoms with Gasteiger partial charge in [0.2, 0.25) is 0 Å². The molecule has 0 atom stereocenters. The van der Waals surface area contributed by atoms with E-state index in [1.54, 1.807) is 19.9 Å². The van der Waals surface area contributed by atoms with Gasteiger partial charge < -0.3 is 14.8 Å². The molecule has 0 fully saturated rings. The molecule has 1 heterocycles. The van der Waals surface area contributed by atoms with E-state index in [-0.39, 0.29) is 17.9 Å². The maximum atomic E-state index is 13.2. The third-order valence-corrected chi connectivity index (χ3v) is 2.75. The quantitative estimate of drug-likeness (QED) is 0.837. The van der Waals surface area contributed by atoms with Crippen molar-refractivity contribution in [3.8, 4) is 17.0 Å². The summed E-state index contributed by atoms with van der Waals surface area (Å²) < 4.78 is 18.1. The average molecular weight is 263 g/mol. The molecule has 0 unspecified atom stereocenters. The molecule has 0 saturated heterocycles. The fourth-order valence-corrected chi connectivity index (χ4v) is 1.92. The number of rotatable bonds is 3. The summed E-state index contributed by atoms with van der Waals surface area (Å²) in [7, 11) is 0. The Bertz CT molecular complexity index is 619. The first-order valence-electron chi connectivity index (χ1n) is 5.89. The summed E-state index contributed by atoms with van der Waals surface area (Å²) >= 11 is 0. The first-order valence-corrected chi connectivity index (χ1v) is 5.89. The summed E-state index contributed by atoms with van der Waals surface area (Å²) in [4.78, 5) is 14.6. The molecule has 1 aromatic heterocycles. The van der Waals surface area contributed by atoms with Crippen molar-refractivity contribution in [3.05, 3.63) is 41.3 Å². The lowest BCUT2D eigenvalue weighted by Crippen LogP contribution is -2.05. The number of halogens is 1. The van der Waals surface area contributed by atoms with E-state index in [1.165, 1.54) is 18.2 Å². The Morgan fingerprint density at radius 3 is 2.84 bits per heavy atom.